The Labute approximate surface area is 116 Å². The molecule has 1 aliphatic heterocycles. The number of nitrogens with one attached hydrogen (secondary N) is 1. The standard InChI is InChI=1S/C14H16N2O4/c1-2-15-7-10-5-13-14(19-9-18-13)6-12(10)17-8-11-3-4-16-20-11/h3-6,15H,2,7-9H2,1H3. The van der Waals surface area contributed by atoms with Crippen LogP contribution in [0.15, 0.2) is 28.9 Å². The highest BCUT2D eigenvalue weighted by atomic mass is 16.7. The summed E-state index contributed by atoms with van der Waals surface area (Å²) >= 11 is 0. The maximum atomic E-state index is 5.79. The summed E-state index contributed by atoms with van der Waals surface area (Å²) in [6, 6.07) is 5.57. The van der Waals surface area contributed by atoms with E-state index in [1.807, 2.05) is 12.1 Å². The molecule has 0 atom stereocenters. The van der Waals surface area contributed by atoms with Gasteiger partial charge in [-0.3, -0.25) is 0 Å². The Morgan fingerprint density at radius 2 is 2.15 bits per heavy atom. The van der Waals surface area contributed by atoms with Crippen LogP contribution < -0.4 is 19.5 Å². The number of ether oxygens (including phenoxy) is 3. The van der Waals surface area contributed by atoms with Crippen LogP contribution in [0.4, 0.5) is 0 Å². The third kappa shape index (κ3) is 2.70. The van der Waals surface area contributed by atoms with Crippen molar-refractivity contribution in [3.05, 3.63) is 35.7 Å². The fourth-order valence-electron chi connectivity index (χ4n) is 1.96. The first-order valence-corrected chi connectivity index (χ1v) is 6.52. The molecule has 20 heavy (non-hydrogen) atoms. The molecule has 0 radical (unpaired) electrons. The van der Waals surface area contributed by atoms with Gasteiger partial charge in [0.25, 0.3) is 0 Å². The first kappa shape index (κ1) is 12.8. The molecule has 1 aromatic heterocycles. The van der Waals surface area contributed by atoms with Crippen LogP contribution in [0.1, 0.15) is 18.2 Å². The van der Waals surface area contributed by atoms with Crippen molar-refractivity contribution in [1.82, 2.24) is 10.5 Å². The molecule has 0 bridgehead atoms. The average Bonchev–Trinajstić information content (AvgIpc) is 3.12. The van der Waals surface area contributed by atoms with Crippen molar-refractivity contribution in [1.29, 1.82) is 0 Å². The van der Waals surface area contributed by atoms with Crippen molar-refractivity contribution in [3.63, 3.8) is 0 Å². The Bertz CT molecular complexity index is 569. The number of benzene rings is 1. The highest BCUT2D eigenvalue weighted by Gasteiger charge is 2.18. The van der Waals surface area contributed by atoms with Crippen LogP contribution >= 0.6 is 0 Å². The van der Waals surface area contributed by atoms with Gasteiger partial charge in [-0.15, -0.1) is 0 Å². The van der Waals surface area contributed by atoms with Crippen molar-refractivity contribution < 1.29 is 18.7 Å². The summed E-state index contributed by atoms with van der Waals surface area (Å²) in [7, 11) is 0. The summed E-state index contributed by atoms with van der Waals surface area (Å²) in [5.41, 5.74) is 1.02. The molecule has 0 aliphatic carbocycles. The van der Waals surface area contributed by atoms with Gasteiger partial charge in [-0.25, -0.2) is 0 Å². The van der Waals surface area contributed by atoms with Crippen LogP contribution in [0, 0.1) is 0 Å². The highest BCUT2D eigenvalue weighted by molar-refractivity contribution is 5.51. The third-order valence-corrected chi connectivity index (χ3v) is 2.98. The van der Waals surface area contributed by atoms with Crippen LogP contribution in [0.2, 0.25) is 0 Å². The van der Waals surface area contributed by atoms with Crippen molar-refractivity contribution in [2.45, 2.75) is 20.1 Å². The summed E-state index contributed by atoms with van der Waals surface area (Å²) in [6.07, 6.45) is 1.60. The molecule has 106 valence electrons. The fraction of sp³-hybridized carbons (Fsp3) is 0.357. The van der Waals surface area contributed by atoms with Gasteiger partial charge in [-0.05, 0) is 12.6 Å². The largest absolute Gasteiger partial charge is 0.485 e. The van der Waals surface area contributed by atoms with Crippen LogP contribution in [-0.4, -0.2) is 18.5 Å². The number of hydrogen-bond acceptors (Lipinski definition) is 6. The molecule has 0 saturated heterocycles. The molecule has 2 aromatic rings. The average molecular weight is 276 g/mol. The van der Waals surface area contributed by atoms with E-state index in [1.54, 1.807) is 12.3 Å². The molecule has 0 saturated carbocycles. The fourth-order valence-corrected chi connectivity index (χ4v) is 1.96. The van der Waals surface area contributed by atoms with Gasteiger partial charge in [-0.1, -0.05) is 12.1 Å². The molecule has 0 fully saturated rings. The summed E-state index contributed by atoms with van der Waals surface area (Å²) in [5, 5.41) is 6.93. The van der Waals surface area contributed by atoms with Gasteiger partial charge in [0.1, 0.15) is 12.4 Å². The van der Waals surface area contributed by atoms with E-state index in [-0.39, 0.29) is 6.79 Å². The van der Waals surface area contributed by atoms with E-state index in [9.17, 15) is 0 Å². The van der Waals surface area contributed by atoms with Gasteiger partial charge in [0.15, 0.2) is 17.3 Å². The van der Waals surface area contributed by atoms with Crippen LogP contribution in [0.25, 0.3) is 0 Å². The van der Waals surface area contributed by atoms with E-state index in [1.165, 1.54) is 0 Å². The van der Waals surface area contributed by atoms with Crippen molar-refractivity contribution in [3.8, 4) is 17.2 Å². The lowest BCUT2D eigenvalue weighted by atomic mass is 10.1. The summed E-state index contributed by atoms with van der Waals surface area (Å²) in [4.78, 5) is 0. The van der Waals surface area contributed by atoms with E-state index >= 15 is 0 Å². The lowest BCUT2D eigenvalue weighted by Gasteiger charge is -2.12. The van der Waals surface area contributed by atoms with Crippen molar-refractivity contribution >= 4 is 0 Å². The maximum Gasteiger partial charge on any atom is 0.231 e. The predicted octanol–water partition coefficient (Wildman–Crippen LogP) is 2.09. The molecule has 0 amide bonds. The van der Waals surface area contributed by atoms with Gasteiger partial charge < -0.3 is 24.1 Å². The third-order valence-electron chi connectivity index (χ3n) is 2.98. The second-order valence-corrected chi connectivity index (χ2v) is 4.36. The number of rotatable bonds is 6. The van der Waals surface area contributed by atoms with E-state index in [2.05, 4.69) is 17.4 Å². The SMILES string of the molecule is CCNCc1cc2c(cc1OCc1ccno1)OCO2. The van der Waals surface area contributed by atoms with Crippen LogP contribution in [0.3, 0.4) is 0 Å². The van der Waals surface area contributed by atoms with Gasteiger partial charge in [0.05, 0.1) is 6.20 Å². The van der Waals surface area contributed by atoms with Gasteiger partial charge in [-0.2, -0.15) is 0 Å². The number of hydrogen-bond donors (Lipinski definition) is 1. The Kier molecular flexibility index (Phi) is 3.73. The monoisotopic (exact) mass is 276 g/mol. The quantitative estimate of drug-likeness (QED) is 0.871. The molecule has 3 rings (SSSR count). The number of fused-ring (bicyclic) bond motifs is 1. The first-order chi connectivity index (χ1) is 9.86. The Balaban J connectivity index is 1.79. The van der Waals surface area contributed by atoms with Crippen LogP contribution in [-0.2, 0) is 13.2 Å². The van der Waals surface area contributed by atoms with Gasteiger partial charge >= 0.3 is 0 Å². The molecule has 1 aliphatic rings. The minimum Gasteiger partial charge on any atom is -0.485 e. The maximum absolute atomic E-state index is 5.79. The minimum atomic E-state index is 0.252. The Hall–Kier alpha value is -2.21. The molecular formula is C14H16N2O4. The molecule has 1 N–H and O–H groups in total. The lowest BCUT2D eigenvalue weighted by Crippen LogP contribution is -2.13. The number of aromatic nitrogens is 1. The Morgan fingerprint density at radius 3 is 2.90 bits per heavy atom. The zero-order chi connectivity index (χ0) is 13.8. The summed E-state index contributed by atoms with van der Waals surface area (Å²) in [6.45, 7) is 4.23. The first-order valence-electron chi connectivity index (χ1n) is 6.52. The zero-order valence-electron chi connectivity index (χ0n) is 11.2. The van der Waals surface area contributed by atoms with Crippen molar-refractivity contribution in [2.75, 3.05) is 13.3 Å². The number of nitrogens with zero attached hydrogens (tertiary/aromatic N) is 1. The van der Waals surface area contributed by atoms with E-state index in [0.29, 0.717) is 24.7 Å². The topological polar surface area (TPSA) is 65.8 Å². The Morgan fingerprint density at radius 1 is 1.30 bits per heavy atom. The van der Waals surface area contributed by atoms with E-state index in [0.717, 1.165) is 23.6 Å². The summed E-state index contributed by atoms with van der Waals surface area (Å²) < 4.78 is 21.6. The normalized spacial score (nSPS) is 12.7. The van der Waals surface area contributed by atoms with Crippen molar-refractivity contribution in [2.24, 2.45) is 0 Å². The highest BCUT2D eigenvalue weighted by Crippen LogP contribution is 2.38. The molecular weight excluding hydrogens is 260 g/mol. The second-order valence-electron chi connectivity index (χ2n) is 4.36. The minimum absolute atomic E-state index is 0.252. The smallest absolute Gasteiger partial charge is 0.231 e. The lowest BCUT2D eigenvalue weighted by molar-refractivity contribution is 0.173. The molecule has 6 heteroatoms. The van der Waals surface area contributed by atoms with Gasteiger partial charge in [0.2, 0.25) is 6.79 Å². The zero-order valence-corrected chi connectivity index (χ0v) is 11.2. The molecule has 0 spiro atoms. The molecule has 1 aromatic carbocycles. The molecule has 0 unspecified atom stereocenters. The molecule has 2 heterocycles. The van der Waals surface area contributed by atoms with E-state index in [4.69, 9.17) is 18.7 Å². The second kappa shape index (κ2) is 5.83. The van der Waals surface area contributed by atoms with E-state index < -0.39 is 0 Å². The summed E-state index contributed by atoms with van der Waals surface area (Å²) in [5.74, 6) is 2.89. The molecule has 6 nitrogen and oxygen atoms in total. The van der Waals surface area contributed by atoms with Gasteiger partial charge in [0, 0.05) is 24.2 Å². The van der Waals surface area contributed by atoms with Crippen LogP contribution in [0.5, 0.6) is 17.2 Å². The predicted molar refractivity (Wildman–Crippen MR) is 70.8 cm³/mol.